The summed E-state index contributed by atoms with van der Waals surface area (Å²) in [5, 5.41) is 0. The zero-order chi connectivity index (χ0) is 33.5. The number of nitrogens with zero attached hydrogens (tertiary/aromatic N) is 2. The number of carbonyl (C=O) groups is 2. The van der Waals surface area contributed by atoms with Crippen molar-refractivity contribution in [3.63, 3.8) is 0 Å². The molecule has 0 heterocycles. The van der Waals surface area contributed by atoms with E-state index < -0.39 is 11.9 Å². The number of esters is 2. The van der Waals surface area contributed by atoms with Gasteiger partial charge >= 0.3 is 11.9 Å². The van der Waals surface area contributed by atoms with Crippen molar-refractivity contribution in [2.75, 3.05) is 23.9 Å². The van der Waals surface area contributed by atoms with Crippen LogP contribution in [0.4, 0.5) is 17.1 Å². The molecule has 0 saturated carbocycles. The van der Waals surface area contributed by atoms with Crippen LogP contribution in [-0.2, 0) is 16.1 Å². The van der Waals surface area contributed by atoms with Crippen molar-refractivity contribution < 1.29 is 19.1 Å². The lowest BCUT2D eigenvalue weighted by molar-refractivity contribution is -0.130. The third-order valence-corrected chi connectivity index (χ3v) is 7.64. The van der Waals surface area contributed by atoms with E-state index in [1.54, 1.807) is 38.1 Å². The second kappa shape index (κ2) is 14.5. The van der Waals surface area contributed by atoms with Crippen LogP contribution < -0.4 is 19.3 Å². The second-order valence-electron chi connectivity index (χ2n) is 11.6. The van der Waals surface area contributed by atoms with Crippen LogP contribution in [0.5, 0.6) is 11.5 Å². The van der Waals surface area contributed by atoms with Crippen LogP contribution in [0.1, 0.15) is 19.4 Å². The maximum absolute atomic E-state index is 11.9. The molecule has 0 aliphatic carbocycles. The zero-order valence-corrected chi connectivity index (χ0v) is 27.2. The number of hydrogen-bond acceptors (Lipinski definition) is 6. The van der Waals surface area contributed by atoms with Gasteiger partial charge in [0.25, 0.3) is 0 Å². The highest BCUT2D eigenvalue weighted by Gasteiger charge is 2.13. The Labute approximate surface area is 276 Å². The maximum Gasteiger partial charge on any atom is 0.338 e. The van der Waals surface area contributed by atoms with Crippen molar-refractivity contribution in [1.82, 2.24) is 0 Å². The molecule has 6 heteroatoms. The van der Waals surface area contributed by atoms with E-state index in [-0.39, 0.29) is 0 Å². The fourth-order valence-electron chi connectivity index (χ4n) is 4.90. The van der Waals surface area contributed by atoms with Crippen LogP contribution >= 0.6 is 0 Å². The fourth-order valence-corrected chi connectivity index (χ4v) is 4.90. The number of carbonyl (C=O) groups excluding carboxylic acids is 2. The third-order valence-electron chi connectivity index (χ3n) is 7.64. The summed E-state index contributed by atoms with van der Waals surface area (Å²) in [5.41, 5.74) is 9.28. The lowest BCUT2D eigenvalue weighted by atomic mass is 10.0. The molecular weight excluding hydrogens is 584 g/mol. The molecule has 6 nitrogen and oxygen atoms in total. The average Bonchev–Trinajstić information content (AvgIpc) is 3.08. The van der Waals surface area contributed by atoms with Crippen LogP contribution in [0.2, 0.25) is 0 Å². The molecule has 5 aromatic rings. The first-order valence-corrected chi connectivity index (χ1v) is 15.3. The van der Waals surface area contributed by atoms with Crippen molar-refractivity contribution in [3.05, 3.63) is 151 Å². The number of anilines is 3. The van der Waals surface area contributed by atoms with E-state index in [9.17, 15) is 9.59 Å². The minimum absolute atomic E-state index is 0.356. The van der Waals surface area contributed by atoms with Gasteiger partial charge in [0.2, 0.25) is 0 Å². The number of rotatable bonds is 11. The lowest BCUT2D eigenvalue weighted by Gasteiger charge is -2.26. The van der Waals surface area contributed by atoms with Crippen LogP contribution in [0.3, 0.4) is 0 Å². The molecule has 0 amide bonds. The van der Waals surface area contributed by atoms with Gasteiger partial charge in [-0.15, -0.1) is 0 Å². The van der Waals surface area contributed by atoms with Gasteiger partial charge in [-0.2, -0.15) is 0 Å². The summed E-state index contributed by atoms with van der Waals surface area (Å²) >= 11 is 0. The summed E-state index contributed by atoms with van der Waals surface area (Å²) in [6, 6.07) is 40.4. The molecular formula is C41H38N2O4. The van der Waals surface area contributed by atoms with Crippen LogP contribution in [0.15, 0.2) is 146 Å². The number of benzene rings is 5. The van der Waals surface area contributed by atoms with E-state index in [1.165, 1.54) is 5.56 Å². The summed E-state index contributed by atoms with van der Waals surface area (Å²) in [7, 11) is 4.07. The highest BCUT2D eigenvalue weighted by Crippen LogP contribution is 2.33. The topological polar surface area (TPSA) is 59.1 Å². The van der Waals surface area contributed by atoms with Gasteiger partial charge in [-0.3, -0.25) is 0 Å². The quantitative estimate of drug-likeness (QED) is 0.0831. The number of hydrogen-bond donors (Lipinski definition) is 0. The van der Waals surface area contributed by atoms with Crippen LogP contribution in [0.25, 0.3) is 22.3 Å². The zero-order valence-electron chi connectivity index (χ0n) is 27.2. The van der Waals surface area contributed by atoms with E-state index in [1.807, 2.05) is 38.4 Å². The highest BCUT2D eigenvalue weighted by molar-refractivity contribution is 5.89. The molecule has 5 aromatic carbocycles. The first-order valence-electron chi connectivity index (χ1n) is 15.3. The minimum Gasteiger partial charge on any atom is -0.423 e. The second-order valence-corrected chi connectivity index (χ2v) is 11.6. The standard InChI is InChI=1S/C41H38N2O4/c1-28(2)40(44)46-38-23-13-33(14-24-38)31-9-19-36(20-10-31)43(27-30-7-17-35(18-8-30)42(5)6)37-21-11-32(12-22-37)34-15-25-39(26-16-34)47-41(45)29(3)4/h7-26H,1,3,27H2,2,4-6H3. The summed E-state index contributed by atoms with van der Waals surface area (Å²) in [4.78, 5) is 28.1. The summed E-state index contributed by atoms with van der Waals surface area (Å²) in [6.07, 6.45) is 0. The minimum atomic E-state index is -0.439. The SMILES string of the molecule is C=C(C)C(=O)Oc1ccc(-c2ccc(N(Cc3ccc(N(C)C)cc3)c3ccc(-c4ccc(OC(=O)C(=C)C)cc4)cc3)cc2)cc1. The largest absolute Gasteiger partial charge is 0.423 e. The van der Waals surface area contributed by atoms with Crippen molar-refractivity contribution in [1.29, 1.82) is 0 Å². The molecule has 5 rings (SSSR count). The van der Waals surface area contributed by atoms with Gasteiger partial charge in [0.1, 0.15) is 11.5 Å². The molecule has 0 unspecified atom stereocenters. The smallest absolute Gasteiger partial charge is 0.338 e. The van der Waals surface area contributed by atoms with E-state index in [2.05, 4.69) is 95.8 Å². The highest BCUT2D eigenvalue weighted by atomic mass is 16.5. The first-order chi connectivity index (χ1) is 22.6. The maximum atomic E-state index is 11.9. The molecule has 47 heavy (non-hydrogen) atoms. The van der Waals surface area contributed by atoms with E-state index in [0.717, 1.165) is 39.3 Å². The van der Waals surface area contributed by atoms with Gasteiger partial charge in [0, 0.05) is 48.8 Å². The van der Waals surface area contributed by atoms with Gasteiger partial charge in [-0.1, -0.05) is 73.8 Å². The van der Waals surface area contributed by atoms with Crippen molar-refractivity contribution >= 4 is 29.0 Å². The van der Waals surface area contributed by atoms with Gasteiger partial charge in [-0.05, 0) is 102 Å². The van der Waals surface area contributed by atoms with Gasteiger partial charge < -0.3 is 19.3 Å². The molecule has 236 valence electrons. The Morgan fingerprint density at radius 1 is 0.511 bits per heavy atom. The molecule has 0 aromatic heterocycles. The summed E-state index contributed by atoms with van der Waals surface area (Å²) < 4.78 is 10.7. The van der Waals surface area contributed by atoms with E-state index >= 15 is 0 Å². The Morgan fingerprint density at radius 3 is 1.15 bits per heavy atom. The molecule has 0 fully saturated rings. The third kappa shape index (κ3) is 8.24. The van der Waals surface area contributed by atoms with E-state index in [0.29, 0.717) is 29.2 Å². The summed E-state index contributed by atoms with van der Waals surface area (Å²) in [6.45, 7) is 11.2. The number of ether oxygens (including phenoxy) is 2. The van der Waals surface area contributed by atoms with Gasteiger partial charge in [0.15, 0.2) is 0 Å². The predicted octanol–water partition coefficient (Wildman–Crippen LogP) is 9.39. The van der Waals surface area contributed by atoms with Crippen molar-refractivity contribution in [2.24, 2.45) is 0 Å². The lowest BCUT2D eigenvalue weighted by Crippen LogP contribution is -2.16. The molecule has 0 radical (unpaired) electrons. The van der Waals surface area contributed by atoms with Crippen molar-refractivity contribution in [2.45, 2.75) is 20.4 Å². The van der Waals surface area contributed by atoms with Crippen LogP contribution in [-0.4, -0.2) is 26.0 Å². The van der Waals surface area contributed by atoms with E-state index in [4.69, 9.17) is 9.47 Å². The molecule has 0 spiro atoms. The monoisotopic (exact) mass is 622 g/mol. The Morgan fingerprint density at radius 2 is 0.830 bits per heavy atom. The molecule has 0 bridgehead atoms. The first kappa shape index (κ1) is 32.5. The van der Waals surface area contributed by atoms with Gasteiger partial charge in [-0.25, -0.2) is 9.59 Å². The molecule has 0 N–H and O–H groups in total. The normalized spacial score (nSPS) is 10.6. The van der Waals surface area contributed by atoms with Gasteiger partial charge in [0.05, 0.1) is 0 Å². The fraction of sp³-hybridized carbons (Fsp3) is 0.122. The summed E-state index contributed by atoms with van der Waals surface area (Å²) in [5.74, 6) is 0.0862. The Bertz CT molecular complexity index is 1760. The Hall–Kier alpha value is -5.88. The Balaban J connectivity index is 1.39. The molecule has 0 saturated heterocycles. The average molecular weight is 623 g/mol. The molecule has 0 aliphatic rings. The molecule has 0 atom stereocenters. The Kier molecular flexibility index (Phi) is 10.0. The van der Waals surface area contributed by atoms with Crippen LogP contribution in [0, 0.1) is 0 Å². The van der Waals surface area contributed by atoms with Crippen molar-refractivity contribution in [3.8, 4) is 33.8 Å². The molecule has 0 aliphatic heterocycles. The predicted molar refractivity (Wildman–Crippen MR) is 191 cm³/mol.